The maximum absolute atomic E-state index is 12.7. The van der Waals surface area contributed by atoms with Crippen LogP contribution in [-0.4, -0.2) is 13.1 Å². The van der Waals surface area contributed by atoms with Crippen molar-refractivity contribution in [1.29, 1.82) is 0 Å². The molecule has 0 saturated carbocycles. The van der Waals surface area contributed by atoms with E-state index in [0.29, 0.717) is 4.73 Å². The summed E-state index contributed by atoms with van der Waals surface area (Å²) in [5, 5.41) is 10.9. The molecule has 1 aromatic rings. The third-order valence-corrected chi connectivity index (χ3v) is 1.65. The highest BCUT2D eigenvalue weighted by Gasteiger charge is 2.17. The average Bonchev–Trinajstić information content (AvgIpc) is 2.10. The summed E-state index contributed by atoms with van der Waals surface area (Å²) in [6.07, 6.45) is 0.752. The van der Waals surface area contributed by atoms with Gasteiger partial charge in [-0.3, -0.25) is 0 Å². The molecule has 0 bridgehead atoms. The number of carbonyl (C=O) groups excluding carboxylic acids is 1. The molecule has 0 radical (unpaired) electrons. The number of hydrogen-bond donors (Lipinski definition) is 0. The van der Waals surface area contributed by atoms with E-state index in [2.05, 4.69) is 4.74 Å². The predicted octanol–water partition coefficient (Wildman–Crippen LogP) is 0.554. The van der Waals surface area contributed by atoms with Gasteiger partial charge in [-0.05, 0) is 0 Å². The van der Waals surface area contributed by atoms with E-state index in [1.807, 2.05) is 0 Å². The molecule has 1 heterocycles. The van der Waals surface area contributed by atoms with Gasteiger partial charge in [-0.1, -0.05) is 0 Å². The minimum absolute atomic E-state index is 0.0579. The Bertz CT molecular complexity index is 351. The summed E-state index contributed by atoms with van der Waals surface area (Å²) in [6.45, 7) is 1.42. The molecule has 0 spiro atoms. The minimum Gasteiger partial charge on any atom is -0.618 e. The van der Waals surface area contributed by atoms with Gasteiger partial charge in [-0.25, -0.2) is 9.18 Å². The first-order chi connectivity index (χ1) is 6.06. The van der Waals surface area contributed by atoms with Crippen molar-refractivity contribution in [1.82, 2.24) is 0 Å². The van der Waals surface area contributed by atoms with Crippen LogP contribution in [0.5, 0.6) is 0 Å². The third kappa shape index (κ3) is 1.74. The van der Waals surface area contributed by atoms with Crippen molar-refractivity contribution in [2.24, 2.45) is 0 Å². The summed E-state index contributed by atoms with van der Waals surface area (Å²) in [5.74, 6) is -1.48. The lowest BCUT2D eigenvalue weighted by atomic mass is 10.2. The molecular weight excluding hydrogens is 177 g/mol. The zero-order chi connectivity index (χ0) is 10.0. The lowest BCUT2D eigenvalue weighted by molar-refractivity contribution is -0.614. The molecule has 70 valence electrons. The van der Waals surface area contributed by atoms with Gasteiger partial charge in [0.25, 0.3) is 0 Å². The number of ether oxygens (including phenoxy) is 1. The average molecular weight is 185 g/mol. The van der Waals surface area contributed by atoms with E-state index in [1.54, 1.807) is 0 Å². The van der Waals surface area contributed by atoms with Gasteiger partial charge in [-0.15, -0.1) is 0 Å². The zero-order valence-corrected chi connectivity index (χ0v) is 7.20. The Balaban J connectivity index is 3.28. The van der Waals surface area contributed by atoms with E-state index in [9.17, 15) is 14.4 Å². The number of methoxy groups -OCH3 is 1. The molecular formula is C8H8FNO3. The lowest BCUT2D eigenvalue weighted by Gasteiger charge is -2.04. The van der Waals surface area contributed by atoms with Crippen LogP contribution in [0.1, 0.15) is 16.1 Å². The number of rotatable bonds is 1. The van der Waals surface area contributed by atoms with Crippen LogP contribution < -0.4 is 4.73 Å². The molecule has 0 amide bonds. The second kappa shape index (κ2) is 3.38. The van der Waals surface area contributed by atoms with Gasteiger partial charge in [0, 0.05) is 13.0 Å². The number of hydrogen-bond acceptors (Lipinski definition) is 3. The summed E-state index contributed by atoms with van der Waals surface area (Å²) in [5.41, 5.74) is 0.0609. The summed E-state index contributed by atoms with van der Waals surface area (Å²) in [7, 11) is 1.17. The van der Waals surface area contributed by atoms with Crippen LogP contribution in [-0.2, 0) is 4.74 Å². The van der Waals surface area contributed by atoms with E-state index < -0.39 is 11.8 Å². The highest BCUT2D eigenvalue weighted by Crippen LogP contribution is 2.06. The maximum atomic E-state index is 12.7. The van der Waals surface area contributed by atoms with Crippen LogP contribution in [0.15, 0.2) is 12.3 Å². The topological polar surface area (TPSA) is 53.2 Å². The van der Waals surface area contributed by atoms with Gasteiger partial charge < -0.3 is 9.94 Å². The standard InChI is InChI=1S/C8H8FNO3/c1-5-7(8(11)13-2)3-6(9)4-10(5)12/h3-4H,1-2H3. The Hall–Kier alpha value is -1.65. The fraction of sp³-hybridized carbons (Fsp3) is 0.250. The van der Waals surface area contributed by atoms with E-state index >= 15 is 0 Å². The van der Waals surface area contributed by atoms with Crippen molar-refractivity contribution in [2.75, 3.05) is 7.11 Å². The Kier molecular flexibility index (Phi) is 2.46. The Morgan fingerprint density at radius 2 is 2.31 bits per heavy atom. The van der Waals surface area contributed by atoms with Gasteiger partial charge in [0.2, 0.25) is 11.9 Å². The second-order valence-electron chi connectivity index (χ2n) is 2.47. The molecule has 0 aliphatic carbocycles. The van der Waals surface area contributed by atoms with Crippen LogP contribution in [0.2, 0.25) is 0 Å². The van der Waals surface area contributed by atoms with Gasteiger partial charge in [-0.2, -0.15) is 4.73 Å². The zero-order valence-electron chi connectivity index (χ0n) is 7.20. The molecule has 0 aromatic carbocycles. The van der Waals surface area contributed by atoms with Crippen molar-refractivity contribution in [3.05, 3.63) is 34.5 Å². The van der Waals surface area contributed by atoms with Gasteiger partial charge >= 0.3 is 5.97 Å². The van der Waals surface area contributed by atoms with Crippen LogP contribution in [0.25, 0.3) is 0 Å². The van der Waals surface area contributed by atoms with Crippen molar-refractivity contribution in [3.8, 4) is 0 Å². The summed E-state index contributed by atoms with van der Waals surface area (Å²) >= 11 is 0. The summed E-state index contributed by atoms with van der Waals surface area (Å²) in [4.78, 5) is 11.0. The number of aromatic nitrogens is 1. The van der Waals surface area contributed by atoms with Crippen LogP contribution in [0.3, 0.4) is 0 Å². The first-order valence-electron chi connectivity index (χ1n) is 3.54. The minimum atomic E-state index is -0.763. The van der Waals surface area contributed by atoms with Gasteiger partial charge in [0.05, 0.1) is 7.11 Å². The number of esters is 1. The van der Waals surface area contributed by atoms with Gasteiger partial charge in [0.15, 0.2) is 5.82 Å². The van der Waals surface area contributed by atoms with E-state index in [4.69, 9.17) is 0 Å². The van der Waals surface area contributed by atoms with Crippen molar-refractivity contribution in [3.63, 3.8) is 0 Å². The molecule has 0 aliphatic rings. The van der Waals surface area contributed by atoms with Crippen LogP contribution in [0.4, 0.5) is 4.39 Å². The molecule has 13 heavy (non-hydrogen) atoms. The fourth-order valence-electron chi connectivity index (χ4n) is 0.924. The molecule has 5 heteroatoms. The highest BCUT2D eigenvalue weighted by atomic mass is 19.1. The van der Waals surface area contributed by atoms with Crippen molar-refractivity contribution >= 4 is 5.97 Å². The first kappa shape index (κ1) is 9.44. The Morgan fingerprint density at radius 3 is 2.85 bits per heavy atom. The largest absolute Gasteiger partial charge is 0.618 e. The second-order valence-corrected chi connectivity index (χ2v) is 2.47. The molecule has 0 aliphatic heterocycles. The number of halogens is 1. The molecule has 1 rings (SSSR count). The highest BCUT2D eigenvalue weighted by molar-refractivity contribution is 5.89. The molecule has 0 atom stereocenters. The number of pyridine rings is 1. The number of carbonyl (C=O) groups is 1. The van der Waals surface area contributed by atoms with E-state index in [-0.39, 0.29) is 11.3 Å². The Labute approximate surface area is 74.1 Å². The van der Waals surface area contributed by atoms with E-state index in [0.717, 1.165) is 12.3 Å². The van der Waals surface area contributed by atoms with Crippen molar-refractivity contribution < 1.29 is 18.7 Å². The van der Waals surface area contributed by atoms with Crippen molar-refractivity contribution in [2.45, 2.75) is 6.92 Å². The monoisotopic (exact) mass is 185 g/mol. The molecule has 1 aromatic heterocycles. The molecule has 0 N–H and O–H groups in total. The molecule has 4 nitrogen and oxygen atoms in total. The number of nitrogens with zero attached hydrogens (tertiary/aromatic N) is 1. The smallest absolute Gasteiger partial charge is 0.344 e. The predicted molar refractivity (Wildman–Crippen MR) is 41.4 cm³/mol. The summed E-state index contributed by atoms with van der Waals surface area (Å²) < 4.78 is 17.3. The quantitative estimate of drug-likeness (QED) is 0.365. The van der Waals surface area contributed by atoms with E-state index in [1.165, 1.54) is 14.0 Å². The summed E-state index contributed by atoms with van der Waals surface area (Å²) in [6, 6.07) is 0.968. The van der Waals surface area contributed by atoms with Gasteiger partial charge in [0.1, 0.15) is 5.56 Å². The third-order valence-electron chi connectivity index (χ3n) is 1.65. The molecule has 0 saturated heterocycles. The normalized spacial score (nSPS) is 9.77. The Morgan fingerprint density at radius 1 is 1.69 bits per heavy atom. The van der Waals surface area contributed by atoms with Crippen LogP contribution >= 0.6 is 0 Å². The molecule has 0 unspecified atom stereocenters. The first-order valence-corrected chi connectivity index (χ1v) is 3.54. The fourth-order valence-corrected chi connectivity index (χ4v) is 0.924. The van der Waals surface area contributed by atoms with Crippen LogP contribution in [0, 0.1) is 17.9 Å². The molecule has 0 fully saturated rings. The lowest BCUT2D eigenvalue weighted by Crippen LogP contribution is -2.32. The maximum Gasteiger partial charge on any atom is 0.344 e. The SMILES string of the molecule is COC(=O)c1cc(F)c[n+]([O-])c1C.